The minimum atomic E-state index is -1.24. The van der Waals surface area contributed by atoms with Gasteiger partial charge in [0.05, 0.1) is 22.2 Å². The number of para-hydroxylation sites is 1. The van der Waals surface area contributed by atoms with E-state index in [2.05, 4.69) is 0 Å². The number of carbonyl (C=O) groups is 2. The van der Waals surface area contributed by atoms with Crippen LogP contribution in [0.3, 0.4) is 0 Å². The molecule has 0 fully saturated rings. The molecule has 108 valence electrons. The number of rotatable bonds is 2. The second kappa shape index (κ2) is 3.98. The van der Waals surface area contributed by atoms with E-state index in [4.69, 9.17) is 0 Å². The minimum absolute atomic E-state index is 0.156. The van der Waals surface area contributed by atoms with E-state index >= 15 is 0 Å². The zero-order valence-electron chi connectivity index (χ0n) is 11.6. The topological polar surface area (TPSA) is 79.0 Å². The van der Waals surface area contributed by atoms with Crippen LogP contribution in [0.4, 0.5) is 0 Å². The first kappa shape index (κ1) is 12.6. The van der Waals surface area contributed by atoms with Crippen LogP contribution < -0.4 is 0 Å². The molecule has 22 heavy (non-hydrogen) atoms. The largest absolute Gasteiger partial charge is 0.478 e. The molecule has 4 rings (SSSR count). The predicted octanol–water partition coefficient (Wildman–Crippen LogP) is 3.39. The minimum Gasteiger partial charge on any atom is -0.478 e. The lowest BCUT2D eigenvalue weighted by atomic mass is 9.98. The van der Waals surface area contributed by atoms with Gasteiger partial charge in [0.1, 0.15) is 0 Å². The number of carboxylic acids is 2. The molecule has 0 unspecified atom stereocenters. The van der Waals surface area contributed by atoms with Crippen LogP contribution in [0.5, 0.6) is 0 Å². The molecule has 5 heteroatoms. The fourth-order valence-electron chi connectivity index (χ4n) is 3.32. The number of aromatic nitrogens is 1. The van der Waals surface area contributed by atoms with Crippen molar-refractivity contribution < 1.29 is 19.8 Å². The summed E-state index contributed by atoms with van der Waals surface area (Å²) in [7, 11) is 0. The third kappa shape index (κ3) is 1.37. The number of aromatic carboxylic acids is 2. The first-order chi connectivity index (χ1) is 10.5. The Balaban J connectivity index is 2.46. The molecule has 0 bridgehead atoms. The highest BCUT2D eigenvalue weighted by Gasteiger charge is 2.26. The normalized spacial score (nSPS) is 11.7. The monoisotopic (exact) mass is 293 g/mol. The molecule has 0 amide bonds. The van der Waals surface area contributed by atoms with Gasteiger partial charge in [0.15, 0.2) is 0 Å². The summed E-state index contributed by atoms with van der Waals surface area (Å²) in [4.78, 5) is 23.4. The second-order valence-electron chi connectivity index (χ2n) is 5.37. The van der Waals surface area contributed by atoms with Gasteiger partial charge in [-0.2, -0.15) is 0 Å². The first-order valence-corrected chi connectivity index (χ1v) is 6.76. The van der Waals surface area contributed by atoms with Crippen molar-refractivity contribution in [2.75, 3.05) is 0 Å². The predicted molar refractivity (Wildman–Crippen MR) is 82.3 cm³/mol. The fourth-order valence-corrected chi connectivity index (χ4v) is 3.32. The lowest BCUT2D eigenvalue weighted by Crippen LogP contribution is -2.12. The maximum Gasteiger partial charge on any atom is 0.338 e. The van der Waals surface area contributed by atoms with Crippen molar-refractivity contribution in [3.63, 3.8) is 0 Å². The average molecular weight is 293 g/mol. The van der Waals surface area contributed by atoms with Gasteiger partial charge in [0.2, 0.25) is 0 Å². The van der Waals surface area contributed by atoms with Crippen molar-refractivity contribution in [3.05, 3.63) is 53.1 Å². The number of benzene rings is 1. The molecule has 3 heterocycles. The molecule has 0 aliphatic carbocycles. The van der Waals surface area contributed by atoms with Crippen molar-refractivity contribution in [2.45, 2.75) is 6.92 Å². The summed E-state index contributed by atoms with van der Waals surface area (Å²) in [6, 6.07) is 10.8. The molecular formula is C17H11NO4. The van der Waals surface area contributed by atoms with E-state index in [1.54, 1.807) is 18.2 Å². The number of carboxylic acid groups (broad SMARTS) is 2. The van der Waals surface area contributed by atoms with E-state index in [1.165, 1.54) is 0 Å². The molecule has 0 aliphatic rings. The number of aryl methyl sites for hydroxylation is 1. The Morgan fingerprint density at radius 2 is 1.64 bits per heavy atom. The Hall–Kier alpha value is -3.08. The maximum atomic E-state index is 11.7. The van der Waals surface area contributed by atoms with Gasteiger partial charge in [0, 0.05) is 16.3 Å². The first-order valence-electron chi connectivity index (χ1n) is 6.76. The van der Waals surface area contributed by atoms with E-state index in [9.17, 15) is 19.8 Å². The average Bonchev–Trinajstić information content (AvgIpc) is 2.88. The number of hydrogen-bond acceptors (Lipinski definition) is 2. The van der Waals surface area contributed by atoms with E-state index in [-0.39, 0.29) is 11.1 Å². The van der Waals surface area contributed by atoms with Gasteiger partial charge < -0.3 is 14.6 Å². The molecule has 4 aromatic rings. The highest BCUT2D eigenvalue weighted by atomic mass is 16.4. The molecule has 0 aliphatic heterocycles. The zero-order chi connectivity index (χ0) is 15.6. The summed E-state index contributed by atoms with van der Waals surface area (Å²) >= 11 is 0. The van der Waals surface area contributed by atoms with E-state index in [0.717, 1.165) is 22.0 Å². The summed E-state index contributed by atoms with van der Waals surface area (Å²) in [5, 5.41) is 20.5. The molecule has 3 aromatic heterocycles. The molecule has 2 N–H and O–H groups in total. The van der Waals surface area contributed by atoms with Crippen LogP contribution in [0.1, 0.15) is 26.3 Å². The summed E-state index contributed by atoms with van der Waals surface area (Å²) in [5.41, 5.74) is 2.71. The Morgan fingerprint density at radius 1 is 0.955 bits per heavy atom. The van der Waals surface area contributed by atoms with Crippen molar-refractivity contribution in [2.24, 2.45) is 0 Å². The van der Waals surface area contributed by atoms with Crippen LogP contribution in [-0.4, -0.2) is 26.6 Å². The maximum absolute atomic E-state index is 11.7. The molecule has 0 atom stereocenters. The molecule has 0 saturated heterocycles. The Kier molecular flexibility index (Phi) is 2.29. The number of pyridine rings is 2. The lowest BCUT2D eigenvalue weighted by molar-refractivity contribution is 0.0654. The van der Waals surface area contributed by atoms with Crippen LogP contribution in [-0.2, 0) is 0 Å². The fraction of sp³-hybridized carbons (Fsp3) is 0.0588. The summed E-state index contributed by atoms with van der Waals surface area (Å²) in [5.74, 6) is -2.47. The van der Waals surface area contributed by atoms with E-state index in [1.807, 2.05) is 29.5 Å². The highest BCUT2D eigenvalue weighted by molar-refractivity contribution is 6.18. The highest BCUT2D eigenvalue weighted by Crippen LogP contribution is 2.35. The summed E-state index contributed by atoms with van der Waals surface area (Å²) < 4.78 is 1.83. The molecular weight excluding hydrogens is 282 g/mol. The van der Waals surface area contributed by atoms with Crippen molar-refractivity contribution in [1.29, 1.82) is 0 Å². The summed E-state index contributed by atoms with van der Waals surface area (Å²) in [6.07, 6.45) is 0. The Morgan fingerprint density at radius 3 is 2.32 bits per heavy atom. The van der Waals surface area contributed by atoms with Gasteiger partial charge in [0.25, 0.3) is 0 Å². The van der Waals surface area contributed by atoms with Gasteiger partial charge in [-0.1, -0.05) is 18.2 Å². The van der Waals surface area contributed by atoms with Crippen molar-refractivity contribution in [3.8, 4) is 0 Å². The van der Waals surface area contributed by atoms with Gasteiger partial charge in [-0.3, -0.25) is 0 Å². The van der Waals surface area contributed by atoms with Gasteiger partial charge >= 0.3 is 11.9 Å². The van der Waals surface area contributed by atoms with Crippen LogP contribution in [0.15, 0.2) is 36.4 Å². The third-order valence-corrected chi connectivity index (χ3v) is 4.16. The van der Waals surface area contributed by atoms with Gasteiger partial charge in [-0.05, 0) is 30.7 Å². The zero-order valence-corrected chi connectivity index (χ0v) is 11.6. The number of nitrogens with zero attached hydrogens (tertiary/aromatic N) is 1. The van der Waals surface area contributed by atoms with Crippen LogP contribution in [0.2, 0.25) is 0 Å². The van der Waals surface area contributed by atoms with Crippen molar-refractivity contribution >= 4 is 39.3 Å². The molecule has 1 aromatic carbocycles. The molecule has 0 spiro atoms. The Labute approximate surface area is 124 Å². The molecule has 5 nitrogen and oxygen atoms in total. The standard InChI is InChI=1S/C17H11NO4/c1-8-7-9-5-6-12-14(17(21)22)13(16(19)20)11-4-2-3-10(8)15(11)18(9)12/h2-7H,1H3,(H,19,20)(H,21,22). The van der Waals surface area contributed by atoms with E-state index < -0.39 is 11.9 Å². The lowest BCUT2D eigenvalue weighted by Gasteiger charge is -2.15. The molecule has 0 radical (unpaired) electrons. The quantitative estimate of drug-likeness (QED) is 0.593. The molecule has 0 saturated carbocycles. The SMILES string of the molecule is Cc1cc2ccc3c(C(=O)O)c(C(=O)O)c4cccc1c4n23. The van der Waals surface area contributed by atoms with Crippen molar-refractivity contribution in [1.82, 2.24) is 4.40 Å². The van der Waals surface area contributed by atoms with Crippen LogP contribution in [0, 0.1) is 6.92 Å². The Bertz CT molecular complexity index is 1090. The van der Waals surface area contributed by atoms with Crippen LogP contribution in [0.25, 0.3) is 27.3 Å². The summed E-state index contributed by atoms with van der Waals surface area (Å²) in [6.45, 7) is 1.96. The van der Waals surface area contributed by atoms with Gasteiger partial charge in [-0.15, -0.1) is 0 Å². The third-order valence-electron chi connectivity index (χ3n) is 4.16. The second-order valence-corrected chi connectivity index (χ2v) is 5.37. The van der Waals surface area contributed by atoms with Gasteiger partial charge in [-0.25, -0.2) is 9.59 Å². The van der Waals surface area contributed by atoms with E-state index in [0.29, 0.717) is 10.9 Å². The smallest absolute Gasteiger partial charge is 0.338 e. The van der Waals surface area contributed by atoms with Crippen LogP contribution >= 0.6 is 0 Å². The number of hydrogen-bond donors (Lipinski definition) is 2.